The summed E-state index contributed by atoms with van der Waals surface area (Å²) in [5, 5.41) is 6.77. The second-order valence-electron chi connectivity index (χ2n) is 8.30. The van der Waals surface area contributed by atoms with Crippen LogP contribution in [0.1, 0.15) is 35.4 Å². The summed E-state index contributed by atoms with van der Waals surface area (Å²) in [6.07, 6.45) is 3.67. The van der Waals surface area contributed by atoms with E-state index in [1.807, 2.05) is 31.2 Å². The van der Waals surface area contributed by atoms with Crippen molar-refractivity contribution in [2.75, 3.05) is 18.4 Å². The van der Waals surface area contributed by atoms with E-state index >= 15 is 0 Å². The van der Waals surface area contributed by atoms with Crippen molar-refractivity contribution >= 4 is 33.8 Å². The lowest BCUT2D eigenvalue weighted by molar-refractivity contribution is -0.120. The van der Waals surface area contributed by atoms with Crippen molar-refractivity contribution in [1.29, 1.82) is 0 Å². The number of amides is 1. The summed E-state index contributed by atoms with van der Waals surface area (Å²) in [7, 11) is -3.91. The highest BCUT2D eigenvalue weighted by Gasteiger charge is 2.36. The topological polar surface area (TPSA) is 92.5 Å². The third-order valence-electron chi connectivity index (χ3n) is 5.98. The summed E-state index contributed by atoms with van der Waals surface area (Å²) in [4.78, 5) is 12.7. The number of sulfonamides is 1. The van der Waals surface area contributed by atoms with E-state index in [0.717, 1.165) is 11.3 Å². The van der Waals surface area contributed by atoms with Crippen molar-refractivity contribution in [3.05, 3.63) is 76.9 Å². The Kier molecular flexibility index (Phi) is 6.95. The zero-order valence-electron chi connectivity index (χ0n) is 19.0. The molecule has 0 bridgehead atoms. The maximum atomic E-state index is 13.9. The average molecular weight is 484 g/mol. The lowest BCUT2D eigenvalue weighted by Crippen LogP contribution is -2.41. The second kappa shape index (κ2) is 9.90. The molecule has 9 heteroatoms. The third kappa shape index (κ3) is 4.95. The van der Waals surface area contributed by atoms with Gasteiger partial charge >= 0.3 is 0 Å². The molecule has 7 nitrogen and oxygen atoms in total. The maximum absolute atomic E-state index is 13.9. The molecule has 34 heavy (non-hydrogen) atoms. The maximum Gasteiger partial charge on any atom is 0.248 e. The first-order valence-corrected chi connectivity index (χ1v) is 12.5. The molecule has 0 saturated carbocycles. The van der Waals surface area contributed by atoms with Crippen molar-refractivity contribution in [1.82, 2.24) is 9.46 Å². The number of nitrogens with zero attached hydrogens (tertiary/aromatic N) is 2. The number of aryl methyl sites for hydroxylation is 2. The number of rotatable bonds is 6. The van der Waals surface area contributed by atoms with Gasteiger partial charge in [0.25, 0.3) is 0 Å². The molecule has 3 aromatic rings. The Labute approximate surface area is 198 Å². The van der Waals surface area contributed by atoms with Gasteiger partial charge in [0.05, 0.1) is 0 Å². The molecule has 2 aromatic carbocycles. The first kappa shape index (κ1) is 23.8. The van der Waals surface area contributed by atoms with Crippen LogP contribution in [0.5, 0.6) is 0 Å². The zero-order valence-corrected chi connectivity index (χ0v) is 19.8. The molecular formula is C25H26FN3O4S. The van der Waals surface area contributed by atoms with Gasteiger partial charge in [0.1, 0.15) is 11.5 Å². The molecule has 178 valence electrons. The molecule has 0 atom stereocenters. The van der Waals surface area contributed by atoms with Gasteiger partial charge in [0.15, 0.2) is 10.7 Å². The van der Waals surface area contributed by atoms with Crippen LogP contribution in [0.15, 0.2) is 57.9 Å². The molecule has 0 spiro atoms. The minimum absolute atomic E-state index is 0.0390. The molecule has 4 rings (SSSR count). The lowest BCUT2D eigenvalue weighted by atomic mass is 9.97. The Balaban J connectivity index is 1.47. The lowest BCUT2D eigenvalue weighted by Gasteiger charge is -2.30. The molecule has 1 aliphatic heterocycles. The Hall–Kier alpha value is -3.30. The van der Waals surface area contributed by atoms with Crippen molar-refractivity contribution in [2.24, 2.45) is 5.92 Å². The van der Waals surface area contributed by atoms with Crippen LogP contribution in [0.3, 0.4) is 0 Å². The number of benzene rings is 2. The number of carbonyl (C=O) groups excluding carboxylic acids is 1. The normalized spacial score (nSPS) is 15.6. The smallest absolute Gasteiger partial charge is 0.248 e. The van der Waals surface area contributed by atoms with E-state index in [4.69, 9.17) is 4.52 Å². The van der Waals surface area contributed by atoms with Crippen LogP contribution in [0.25, 0.3) is 12.2 Å². The van der Waals surface area contributed by atoms with E-state index in [9.17, 15) is 17.6 Å². The number of carbonyl (C=O) groups is 1. The minimum Gasteiger partial charge on any atom is -0.355 e. The second-order valence-corrected chi connectivity index (χ2v) is 10.2. The van der Waals surface area contributed by atoms with Gasteiger partial charge in [-0.25, -0.2) is 12.8 Å². The highest BCUT2D eigenvalue weighted by atomic mass is 32.2. The Morgan fingerprint density at radius 3 is 2.47 bits per heavy atom. The van der Waals surface area contributed by atoms with E-state index in [2.05, 4.69) is 10.5 Å². The number of hydrogen-bond donors (Lipinski definition) is 1. The van der Waals surface area contributed by atoms with Crippen molar-refractivity contribution in [3.63, 3.8) is 0 Å². The number of nitrogens with one attached hydrogen (secondary N) is 1. The number of para-hydroxylation sites is 1. The highest BCUT2D eigenvalue weighted by molar-refractivity contribution is 7.89. The summed E-state index contributed by atoms with van der Waals surface area (Å²) >= 11 is 0. The van der Waals surface area contributed by atoms with Crippen LogP contribution in [0, 0.1) is 25.6 Å². The SMILES string of the molecule is Cc1ccccc1NC(=O)C1CCN(S(=O)(=O)c2c(C)noc2/C=C/c2ccccc2F)CC1. The number of halogens is 1. The van der Waals surface area contributed by atoms with E-state index in [1.165, 1.54) is 22.5 Å². The summed E-state index contributed by atoms with van der Waals surface area (Å²) in [6.45, 7) is 3.88. The van der Waals surface area contributed by atoms with Gasteiger partial charge in [-0.05, 0) is 56.5 Å². The molecule has 1 aromatic heterocycles. The zero-order chi connectivity index (χ0) is 24.3. The van der Waals surface area contributed by atoms with Crippen LogP contribution in [0.4, 0.5) is 10.1 Å². The summed E-state index contributed by atoms with van der Waals surface area (Å²) < 4.78 is 47.3. The van der Waals surface area contributed by atoms with E-state index in [0.29, 0.717) is 18.4 Å². The molecule has 0 unspecified atom stereocenters. The molecule has 1 aliphatic rings. The number of piperidine rings is 1. The van der Waals surface area contributed by atoms with Crippen LogP contribution >= 0.6 is 0 Å². The van der Waals surface area contributed by atoms with Gasteiger partial charge in [-0.1, -0.05) is 41.6 Å². The van der Waals surface area contributed by atoms with Gasteiger partial charge in [0, 0.05) is 30.3 Å². The van der Waals surface area contributed by atoms with E-state index in [-0.39, 0.29) is 41.3 Å². The molecule has 1 amide bonds. The van der Waals surface area contributed by atoms with Crippen molar-refractivity contribution in [2.45, 2.75) is 31.6 Å². The monoisotopic (exact) mass is 483 g/mol. The van der Waals surface area contributed by atoms with Gasteiger partial charge in [-0.3, -0.25) is 4.79 Å². The molecule has 2 heterocycles. The highest BCUT2D eigenvalue weighted by Crippen LogP contribution is 2.30. The van der Waals surface area contributed by atoms with Gasteiger partial charge in [0.2, 0.25) is 15.9 Å². The molecule has 1 saturated heterocycles. The molecule has 1 N–H and O–H groups in total. The van der Waals surface area contributed by atoms with Gasteiger partial charge in [-0.2, -0.15) is 4.31 Å². The van der Waals surface area contributed by atoms with E-state index < -0.39 is 15.8 Å². The predicted octanol–water partition coefficient (Wildman–Crippen LogP) is 4.64. The Morgan fingerprint density at radius 1 is 1.09 bits per heavy atom. The summed E-state index contributed by atoms with van der Waals surface area (Å²) in [5.74, 6) is -0.776. The largest absolute Gasteiger partial charge is 0.355 e. The van der Waals surface area contributed by atoms with E-state index in [1.54, 1.807) is 25.1 Å². The number of aromatic nitrogens is 1. The fourth-order valence-corrected chi connectivity index (χ4v) is 5.73. The van der Waals surface area contributed by atoms with Crippen LogP contribution in [-0.2, 0) is 14.8 Å². The van der Waals surface area contributed by atoms with Crippen molar-refractivity contribution < 1.29 is 22.1 Å². The average Bonchev–Trinajstić information content (AvgIpc) is 3.21. The van der Waals surface area contributed by atoms with Crippen LogP contribution < -0.4 is 5.32 Å². The Bertz CT molecular complexity index is 1330. The number of hydrogen-bond acceptors (Lipinski definition) is 5. The quantitative estimate of drug-likeness (QED) is 0.551. The van der Waals surface area contributed by atoms with Gasteiger partial charge < -0.3 is 9.84 Å². The standard InChI is InChI=1S/C25H26FN3O4S/c1-17-7-3-6-10-22(17)27-25(30)20-13-15-29(16-14-20)34(31,32)24-18(2)28-33-23(24)12-11-19-8-4-5-9-21(19)26/h3-12,20H,13-16H2,1-2H3,(H,27,30)/b12-11+. The Morgan fingerprint density at radius 2 is 1.76 bits per heavy atom. The van der Waals surface area contributed by atoms with Crippen LogP contribution in [-0.4, -0.2) is 36.9 Å². The van der Waals surface area contributed by atoms with Crippen molar-refractivity contribution in [3.8, 4) is 0 Å². The molecule has 0 radical (unpaired) electrons. The fourth-order valence-electron chi connectivity index (χ4n) is 4.01. The third-order valence-corrected chi connectivity index (χ3v) is 8.04. The minimum atomic E-state index is -3.91. The van der Waals surface area contributed by atoms with Gasteiger partial charge in [-0.15, -0.1) is 0 Å². The molecule has 1 fully saturated rings. The summed E-state index contributed by atoms with van der Waals surface area (Å²) in [5.41, 5.74) is 2.26. The summed E-state index contributed by atoms with van der Waals surface area (Å²) in [6, 6.07) is 13.7. The van der Waals surface area contributed by atoms with Crippen LogP contribution in [0.2, 0.25) is 0 Å². The predicted molar refractivity (Wildman–Crippen MR) is 128 cm³/mol. The fraction of sp³-hybridized carbons (Fsp3) is 0.280. The first-order chi connectivity index (χ1) is 16.3. The molecular weight excluding hydrogens is 457 g/mol. The molecule has 0 aliphatic carbocycles. The number of anilines is 1. The first-order valence-electron chi connectivity index (χ1n) is 11.0.